The highest BCUT2D eigenvalue weighted by atomic mass is 16.5. The number of methoxy groups -OCH3 is 2. The molecule has 0 aromatic heterocycles. The molecule has 0 spiro atoms. The van der Waals surface area contributed by atoms with E-state index in [9.17, 15) is 0 Å². The Morgan fingerprint density at radius 1 is 0.571 bits per heavy atom. The number of hydrogen-bond acceptors (Lipinski definition) is 4. The second kappa shape index (κ2) is 10.9. The van der Waals surface area contributed by atoms with Crippen LogP contribution < -0.4 is 9.47 Å². The van der Waals surface area contributed by atoms with Crippen LogP contribution in [0.4, 0.5) is 0 Å². The monoisotopic (exact) mass is 384 g/mol. The number of benzene rings is 2. The van der Waals surface area contributed by atoms with Crippen molar-refractivity contribution in [3.05, 3.63) is 57.6 Å². The van der Waals surface area contributed by atoms with E-state index in [0.717, 1.165) is 44.9 Å². The summed E-state index contributed by atoms with van der Waals surface area (Å²) in [6.07, 6.45) is 4.28. The normalized spacial score (nSPS) is 11.2. The van der Waals surface area contributed by atoms with Gasteiger partial charge in [0, 0.05) is 14.2 Å². The average Bonchev–Trinajstić information content (AvgIpc) is 2.64. The van der Waals surface area contributed by atoms with Crippen LogP contribution in [0, 0.1) is 27.7 Å². The van der Waals surface area contributed by atoms with Crippen molar-refractivity contribution in [2.45, 2.75) is 27.7 Å². The molecule has 2 aromatic rings. The number of rotatable bonds is 10. The quantitative estimate of drug-likeness (QED) is 0.420. The number of ether oxygens (including phenoxy) is 4. The summed E-state index contributed by atoms with van der Waals surface area (Å²) in [5.41, 5.74) is 6.83. The summed E-state index contributed by atoms with van der Waals surface area (Å²) in [5.74, 6) is 1.89. The first-order valence-electron chi connectivity index (χ1n) is 9.60. The molecule has 0 saturated heterocycles. The molecule has 152 valence electrons. The van der Waals surface area contributed by atoms with E-state index in [1.807, 2.05) is 0 Å². The van der Waals surface area contributed by atoms with Crippen LogP contribution in [0.3, 0.4) is 0 Å². The van der Waals surface area contributed by atoms with E-state index in [4.69, 9.17) is 18.9 Å². The van der Waals surface area contributed by atoms with Gasteiger partial charge in [0.15, 0.2) is 0 Å². The van der Waals surface area contributed by atoms with E-state index in [0.29, 0.717) is 26.4 Å². The second-order valence-corrected chi connectivity index (χ2v) is 6.98. The Kier molecular flexibility index (Phi) is 8.55. The topological polar surface area (TPSA) is 36.9 Å². The molecule has 0 aliphatic carbocycles. The van der Waals surface area contributed by atoms with Crippen molar-refractivity contribution in [1.29, 1.82) is 0 Å². The molecule has 0 unspecified atom stereocenters. The van der Waals surface area contributed by atoms with Gasteiger partial charge in [-0.25, -0.2) is 0 Å². The molecule has 0 N–H and O–H groups in total. The summed E-state index contributed by atoms with van der Waals surface area (Å²) in [6.45, 7) is 10.6. The van der Waals surface area contributed by atoms with Crippen molar-refractivity contribution >= 4 is 12.2 Å². The van der Waals surface area contributed by atoms with Crippen molar-refractivity contribution in [3.8, 4) is 11.5 Å². The number of aryl methyl sites for hydroxylation is 4. The van der Waals surface area contributed by atoms with Crippen molar-refractivity contribution in [2.24, 2.45) is 0 Å². The second-order valence-electron chi connectivity index (χ2n) is 6.98. The van der Waals surface area contributed by atoms with E-state index in [-0.39, 0.29) is 0 Å². The maximum Gasteiger partial charge on any atom is 0.125 e. The fourth-order valence-corrected chi connectivity index (χ4v) is 3.26. The Balaban J connectivity index is 2.15. The lowest BCUT2D eigenvalue weighted by molar-refractivity contribution is 0.145. The summed E-state index contributed by atoms with van der Waals surface area (Å²) >= 11 is 0. The standard InChI is InChI=1S/C24H32O4/c1-17-13-21(14-18(2)23(17)27-11-9-25-5)7-8-22-15-19(3)24(20(4)16-22)28-12-10-26-6/h7-8,13-16H,9-12H2,1-6H3/b8-7+. The third-order valence-electron chi connectivity index (χ3n) is 4.50. The van der Waals surface area contributed by atoms with Gasteiger partial charge in [-0.05, 0) is 85.3 Å². The van der Waals surface area contributed by atoms with Crippen LogP contribution in [0.1, 0.15) is 33.4 Å². The summed E-state index contributed by atoms with van der Waals surface area (Å²) in [5, 5.41) is 0. The highest BCUT2D eigenvalue weighted by Gasteiger charge is 2.07. The first kappa shape index (κ1) is 22.0. The lowest BCUT2D eigenvalue weighted by atomic mass is 10.0. The van der Waals surface area contributed by atoms with Crippen LogP contribution in [0.5, 0.6) is 11.5 Å². The third-order valence-corrected chi connectivity index (χ3v) is 4.50. The molecule has 2 aromatic carbocycles. The van der Waals surface area contributed by atoms with E-state index >= 15 is 0 Å². The smallest absolute Gasteiger partial charge is 0.125 e. The molecule has 0 aliphatic rings. The van der Waals surface area contributed by atoms with Crippen LogP contribution >= 0.6 is 0 Å². The molecule has 0 bridgehead atoms. The van der Waals surface area contributed by atoms with Crippen LogP contribution in [-0.4, -0.2) is 40.6 Å². The Bertz CT molecular complexity index is 695. The molecular formula is C24H32O4. The highest BCUT2D eigenvalue weighted by Crippen LogP contribution is 2.28. The Labute approximate surface area is 169 Å². The van der Waals surface area contributed by atoms with E-state index in [1.54, 1.807) is 14.2 Å². The summed E-state index contributed by atoms with van der Waals surface area (Å²) < 4.78 is 21.8. The van der Waals surface area contributed by atoms with E-state index in [1.165, 1.54) is 0 Å². The first-order chi connectivity index (χ1) is 13.5. The molecule has 28 heavy (non-hydrogen) atoms. The predicted molar refractivity (Wildman–Crippen MR) is 116 cm³/mol. The largest absolute Gasteiger partial charge is 0.491 e. The van der Waals surface area contributed by atoms with Gasteiger partial charge in [-0.3, -0.25) is 0 Å². The minimum atomic E-state index is 0.560. The molecule has 0 heterocycles. The maximum absolute atomic E-state index is 5.84. The zero-order chi connectivity index (χ0) is 20.5. The van der Waals surface area contributed by atoms with Crippen molar-refractivity contribution < 1.29 is 18.9 Å². The minimum Gasteiger partial charge on any atom is -0.491 e. The number of hydrogen-bond donors (Lipinski definition) is 0. The van der Waals surface area contributed by atoms with Crippen LogP contribution in [0.2, 0.25) is 0 Å². The lowest BCUT2D eigenvalue weighted by Gasteiger charge is -2.13. The molecular weight excluding hydrogens is 352 g/mol. The Morgan fingerprint density at radius 2 is 0.893 bits per heavy atom. The van der Waals surface area contributed by atoms with E-state index in [2.05, 4.69) is 64.1 Å². The van der Waals surface area contributed by atoms with Gasteiger partial charge in [-0.2, -0.15) is 0 Å². The molecule has 4 nitrogen and oxygen atoms in total. The summed E-state index contributed by atoms with van der Waals surface area (Å²) in [4.78, 5) is 0. The highest BCUT2D eigenvalue weighted by molar-refractivity contribution is 5.72. The molecule has 2 rings (SSSR count). The first-order valence-corrected chi connectivity index (χ1v) is 9.60. The van der Waals surface area contributed by atoms with Crippen LogP contribution in [0.25, 0.3) is 12.2 Å². The SMILES string of the molecule is COCCOc1c(C)cc(/C=C/c2cc(C)c(OCCOC)c(C)c2)cc1C. The molecule has 0 amide bonds. The third kappa shape index (κ3) is 6.11. The summed E-state index contributed by atoms with van der Waals surface area (Å²) in [7, 11) is 3.36. The molecule has 0 saturated carbocycles. The molecule has 4 heteroatoms. The van der Waals surface area contributed by atoms with Crippen LogP contribution in [-0.2, 0) is 9.47 Å². The molecule has 0 radical (unpaired) electrons. The van der Waals surface area contributed by atoms with Crippen molar-refractivity contribution in [3.63, 3.8) is 0 Å². The summed E-state index contributed by atoms with van der Waals surface area (Å²) in [6, 6.07) is 8.59. The van der Waals surface area contributed by atoms with Gasteiger partial charge >= 0.3 is 0 Å². The van der Waals surface area contributed by atoms with Crippen molar-refractivity contribution in [2.75, 3.05) is 40.6 Å². The van der Waals surface area contributed by atoms with Gasteiger partial charge in [0.05, 0.1) is 13.2 Å². The molecule has 0 aliphatic heterocycles. The molecule has 0 fully saturated rings. The average molecular weight is 385 g/mol. The van der Waals surface area contributed by atoms with Crippen LogP contribution in [0.15, 0.2) is 24.3 Å². The fourth-order valence-electron chi connectivity index (χ4n) is 3.26. The van der Waals surface area contributed by atoms with Gasteiger partial charge in [-0.15, -0.1) is 0 Å². The lowest BCUT2D eigenvalue weighted by Crippen LogP contribution is -2.06. The van der Waals surface area contributed by atoms with Crippen molar-refractivity contribution in [1.82, 2.24) is 0 Å². The van der Waals surface area contributed by atoms with Gasteiger partial charge in [0.25, 0.3) is 0 Å². The van der Waals surface area contributed by atoms with Gasteiger partial charge in [-0.1, -0.05) is 12.2 Å². The zero-order valence-corrected chi connectivity index (χ0v) is 17.9. The predicted octanol–water partition coefficient (Wildman–Crippen LogP) is 5.14. The molecule has 0 atom stereocenters. The minimum absolute atomic E-state index is 0.560. The zero-order valence-electron chi connectivity index (χ0n) is 17.9. The maximum atomic E-state index is 5.84. The Hall–Kier alpha value is -2.30. The van der Waals surface area contributed by atoms with Gasteiger partial charge in [0.2, 0.25) is 0 Å². The van der Waals surface area contributed by atoms with Gasteiger partial charge in [0.1, 0.15) is 24.7 Å². The van der Waals surface area contributed by atoms with Gasteiger partial charge < -0.3 is 18.9 Å². The fraction of sp³-hybridized carbons (Fsp3) is 0.417. The Morgan fingerprint density at radius 3 is 1.18 bits per heavy atom. The van der Waals surface area contributed by atoms with E-state index < -0.39 is 0 Å².